The van der Waals surface area contributed by atoms with E-state index in [1.807, 2.05) is 12.1 Å². The van der Waals surface area contributed by atoms with Gasteiger partial charge in [0.15, 0.2) is 0 Å². The molecule has 0 spiro atoms. The monoisotopic (exact) mass is 429 g/mol. The van der Waals surface area contributed by atoms with Crippen LogP contribution in [0.3, 0.4) is 0 Å². The van der Waals surface area contributed by atoms with Crippen molar-refractivity contribution in [2.24, 2.45) is 11.3 Å². The summed E-state index contributed by atoms with van der Waals surface area (Å²) in [5.41, 5.74) is 6.44. The van der Waals surface area contributed by atoms with Gasteiger partial charge in [0.1, 0.15) is 5.82 Å². The Morgan fingerprint density at radius 3 is 2.50 bits per heavy atom. The van der Waals surface area contributed by atoms with E-state index in [2.05, 4.69) is 51.2 Å². The average Bonchev–Trinajstić information content (AvgIpc) is 2.69. The first-order valence-corrected chi connectivity index (χ1v) is 11.4. The molecule has 1 N–H and O–H groups in total. The highest BCUT2D eigenvalue weighted by atomic mass is 35.5. The molecule has 0 amide bonds. The highest BCUT2D eigenvalue weighted by molar-refractivity contribution is 5.85. The summed E-state index contributed by atoms with van der Waals surface area (Å²) in [6, 6.07) is 14.2. The van der Waals surface area contributed by atoms with Crippen LogP contribution in [0.15, 0.2) is 42.5 Å². The Morgan fingerprint density at radius 2 is 1.80 bits per heavy atom. The largest absolute Gasteiger partial charge is 0.312 e. The van der Waals surface area contributed by atoms with Gasteiger partial charge in [-0.05, 0) is 82.7 Å². The van der Waals surface area contributed by atoms with Crippen LogP contribution in [-0.4, -0.2) is 6.54 Å². The molecule has 30 heavy (non-hydrogen) atoms. The normalized spacial score (nSPS) is 27.9. The quantitative estimate of drug-likeness (QED) is 0.531. The van der Waals surface area contributed by atoms with Gasteiger partial charge >= 0.3 is 0 Å². The summed E-state index contributed by atoms with van der Waals surface area (Å²) < 4.78 is 13.2. The lowest BCUT2D eigenvalue weighted by Crippen LogP contribution is -2.52. The van der Waals surface area contributed by atoms with Crippen LogP contribution in [0.4, 0.5) is 4.39 Å². The summed E-state index contributed by atoms with van der Waals surface area (Å²) in [7, 11) is 0. The van der Waals surface area contributed by atoms with Gasteiger partial charge in [-0.25, -0.2) is 4.39 Å². The molecule has 2 aliphatic carbocycles. The first kappa shape index (κ1) is 23.3. The average molecular weight is 430 g/mol. The minimum Gasteiger partial charge on any atom is -0.312 e. The zero-order chi connectivity index (χ0) is 20.6. The minimum atomic E-state index is -0.162. The number of aryl methyl sites for hydroxylation is 1. The van der Waals surface area contributed by atoms with E-state index in [-0.39, 0.29) is 23.6 Å². The molecule has 2 aromatic carbocycles. The molecular formula is C27H37ClFN. The maximum Gasteiger partial charge on any atom is 0.123 e. The molecule has 0 radical (unpaired) electrons. The van der Waals surface area contributed by atoms with Crippen LogP contribution >= 0.6 is 12.4 Å². The number of fused-ring (bicyclic) bond motifs is 3. The van der Waals surface area contributed by atoms with Gasteiger partial charge in [-0.2, -0.15) is 0 Å². The predicted octanol–water partition coefficient (Wildman–Crippen LogP) is 7.17. The van der Waals surface area contributed by atoms with Crippen molar-refractivity contribution in [3.05, 3.63) is 70.5 Å². The first-order valence-electron chi connectivity index (χ1n) is 11.4. The van der Waals surface area contributed by atoms with Crippen LogP contribution in [-0.2, 0) is 18.4 Å². The van der Waals surface area contributed by atoms with Crippen LogP contribution in [0.25, 0.3) is 0 Å². The SMILES string of the molecule is CC(C)c1ccc2c(c1)CCC1C(C)(CNCc3ccc(F)cc3)CCCC21C.Cl. The second kappa shape index (κ2) is 9.01. The van der Waals surface area contributed by atoms with Gasteiger partial charge in [0.25, 0.3) is 0 Å². The zero-order valence-electron chi connectivity index (χ0n) is 18.9. The third-order valence-corrected chi connectivity index (χ3v) is 7.94. The molecular weight excluding hydrogens is 393 g/mol. The van der Waals surface area contributed by atoms with Gasteiger partial charge in [-0.15, -0.1) is 12.4 Å². The van der Waals surface area contributed by atoms with Crippen molar-refractivity contribution >= 4 is 12.4 Å². The Labute approximate surface area is 188 Å². The summed E-state index contributed by atoms with van der Waals surface area (Å²) in [5.74, 6) is 1.14. The Morgan fingerprint density at radius 1 is 1.07 bits per heavy atom. The molecule has 3 heteroatoms. The number of rotatable bonds is 5. The van der Waals surface area contributed by atoms with Gasteiger partial charge in [0, 0.05) is 13.1 Å². The fraction of sp³-hybridized carbons (Fsp3) is 0.556. The predicted molar refractivity (Wildman–Crippen MR) is 127 cm³/mol. The molecule has 4 rings (SSSR count). The molecule has 2 aromatic rings. The van der Waals surface area contributed by atoms with Gasteiger partial charge in [-0.1, -0.05) is 64.4 Å². The van der Waals surface area contributed by atoms with Crippen LogP contribution in [0.2, 0.25) is 0 Å². The lowest BCUT2D eigenvalue weighted by atomic mass is 9.49. The Hall–Kier alpha value is -1.38. The second-order valence-electron chi connectivity index (χ2n) is 10.3. The standard InChI is InChI=1S/C27H36FN.ClH/c1-19(2)21-8-12-24-22(16-21)9-13-25-26(3,14-5-15-27(24,25)4)18-29-17-20-6-10-23(28)11-7-20;/h6-8,10-12,16,19,25,29H,5,9,13-15,17-18H2,1-4H3;1H. The van der Waals surface area contributed by atoms with Crippen molar-refractivity contribution in [2.45, 2.75) is 77.7 Å². The summed E-state index contributed by atoms with van der Waals surface area (Å²) >= 11 is 0. The molecule has 164 valence electrons. The fourth-order valence-corrected chi connectivity index (χ4v) is 6.31. The van der Waals surface area contributed by atoms with E-state index in [0.29, 0.717) is 17.3 Å². The van der Waals surface area contributed by atoms with E-state index >= 15 is 0 Å². The molecule has 1 nitrogen and oxygen atoms in total. The lowest BCUT2D eigenvalue weighted by Gasteiger charge is -2.55. The van der Waals surface area contributed by atoms with Crippen LogP contribution in [0.1, 0.15) is 81.5 Å². The molecule has 1 saturated carbocycles. The Bertz CT molecular complexity index is 862. The molecule has 0 aromatic heterocycles. The van der Waals surface area contributed by atoms with Crippen LogP contribution in [0, 0.1) is 17.2 Å². The van der Waals surface area contributed by atoms with E-state index in [1.54, 1.807) is 23.3 Å². The number of halogens is 2. The molecule has 0 saturated heterocycles. The first-order chi connectivity index (χ1) is 13.8. The van der Waals surface area contributed by atoms with Gasteiger partial charge in [0.05, 0.1) is 0 Å². The molecule has 1 fully saturated rings. The number of hydrogen-bond donors (Lipinski definition) is 1. The summed E-state index contributed by atoms with van der Waals surface area (Å²) in [6.07, 6.45) is 6.40. The number of nitrogens with one attached hydrogen (secondary N) is 1. The summed E-state index contributed by atoms with van der Waals surface area (Å²) in [6.45, 7) is 11.5. The molecule has 3 atom stereocenters. The van der Waals surface area contributed by atoms with Crippen LogP contribution < -0.4 is 5.32 Å². The fourth-order valence-electron chi connectivity index (χ4n) is 6.31. The molecule has 0 aliphatic heterocycles. The highest BCUT2D eigenvalue weighted by Crippen LogP contribution is 2.57. The van der Waals surface area contributed by atoms with Crippen molar-refractivity contribution in [3.8, 4) is 0 Å². The van der Waals surface area contributed by atoms with Crippen molar-refractivity contribution < 1.29 is 4.39 Å². The van der Waals surface area contributed by atoms with E-state index in [4.69, 9.17) is 0 Å². The summed E-state index contributed by atoms with van der Waals surface area (Å²) in [4.78, 5) is 0. The molecule has 3 unspecified atom stereocenters. The Kier molecular flexibility index (Phi) is 6.99. The van der Waals surface area contributed by atoms with E-state index < -0.39 is 0 Å². The number of hydrogen-bond acceptors (Lipinski definition) is 1. The molecule has 0 heterocycles. The van der Waals surface area contributed by atoms with Gasteiger partial charge in [-0.3, -0.25) is 0 Å². The van der Waals surface area contributed by atoms with Crippen molar-refractivity contribution in [1.29, 1.82) is 0 Å². The zero-order valence-corrected chi connectivity index (χ0v) is 19.7. The van der Waals surface area contributed by atoms with E-state index in [1.165, 1.54) is 37.7 Å². The minimum absolute atomic E-state index is 0. The van der Waals surface area contributed by atoms with E-state index in [0.717, 1.165) is 18.7 Å². The Balaban J connectivity index is 0.00000256. The highest BCUT2D eigenvalue weighted by Gasteiger charge is 2.51. The lowest BCUT2D eigenvalue weighted by molar-refractivity contribution is 0.0257. The maximum absolute atomic E-state index is 13.2. The summed E-state index contributed by atoms with van der Waals surface area (Å²) in [5, 5.41) is 3.71. The smallest absolute Gasteiger partial charge is 0.123 e. The van der Waals surface area contributed by atoms with E-state index in [9.17, 15) is 4.39 Å². The number of benzene rings is 2. The van der Waals surface area contributed by atoms with Crippen molar-refractivity contribution in [3.63, 3.8) is 0 Å². The third-order valence-electron chi connectivity index (χ3n) is 7.94. The van der Waals surface area contributed by atoms with Crippen molar-refractivity contribution in [2.75, 3.05) is 6.54 Å². The van der Waals surface area contributed by atoms with Gasteiger partial charge in [0.2, 0.25) is 0 Å². The maximum atomic E-state index is 13.2. The molecule has 0 bridgehead atoms. The van der Waals surface area contributed by atoms with Gasteiger partial charge < -0.3 is 5.32 Å². The van der Waals surface area contributed by atoms with Crippen LogP contribution in [0.5, 0.6) is 0 Å². The van der Waals surface area contributed by atoms with Crippen molar-refractivity contribution in [1.82, 2.24) is 5.32 Å². The second-order valence-corrected chi connectivity index (χ2v) is 10.3. The molecule has 2 aliphatic rings. The third kappa shape index (κ3) is 4.32. The topological polar surface area (TPSA) is 12.0 Å².